The van der Waals surface area contributed by atoms with Crippen LogP contribution in [0.15, 0.2) is 36.4 Å². The quantitative estimate of drug-likeness (QED) is 0.183. The van der Waals surface area contributed by atoms with E-state index >= 15 is 0 Å². The Bertz CT molecular complexity index is 1580. The molecule has 256 valence electrons. The monoisotopic (exact) mass is 644 g/mol. The van der Waals surface area contributed by atoms with Gasteiger partial charge in [-0.25, -0.2) is 0 Å². The van der Waals surface area contributed by atoms with Crippen molar-refractivity contribution in [1.82, 2.24) is 14.4 Å². The molecule has 1 saturated heterocycles. The number of aromatic nitrogens is 1. The van der Waals surface area contributed by atoms with Crippen molar-refractivity contribution in [1.29, 1.82) is 0 Å². The van der Waals surface area contributed by atoms with Gasteiger partial charge >= 0.3 is 0 Å². The van der Waals surface area contributed by atoms with Crippen LogP contribution in [0.1, 0.15) is 111 Å². The molecule has 0 radical (unpaired) electrons. The molecule has 0 spiro atoms. The Morgan fingerprint density at radius 3 is 2.43 bits per heavy atom. The van der Waals surface area contributed by atoms with Gasteiger partial charge in [-0.15, -0.1) is 0 Å². The van der Waals surface area contributed by atoms with Crippen LogP contribution < -0.4 is 10.1 Å². The molecule has 2 unspecified atom stereocenters. The third-order valence-electron chi connectivity index (χ3n) is 9.80. The fourth-order valence-corrected chi connectivity index (χ4v) is 7.12. The van der Waals surface area contributed by atoms with E-state index in [2.05, 4.69) is 57.1 Å². The van der Waals surface area contributed by atoms with E-state index in [0.717, 1.165) is 74.4 Å². The summed E-state index contributed by atoms with van der Waals surface area (Å²) in [6, 6.07) is 12.1. The summed E-state index contributed by atoms with van der Waals surface area (Å²) in [7, 11) is 8.95. The van der Waals surface area contributed by atoms with E-state index in [1.807, 2.05) is 35.9 Å². The molecule has 0 aliphatic carbocycles. The van der Waals surface area contributed by atoms with Gasteiger partial charge in [0.15, 0.2) is 5.75 Å². The van der Waals surface area contributed by atoms with Gasteiger partial charge in [0.25, 0.3) is 11.8 Å². The molecule has 1 aliphatic rings. The number of nitrogens with zero attached hydrogens (tertiary/aromatic N) is 3. The number of hydrogen-bond acceptors (Lipinski definition) is 5. The SMILES string of the molecule is CCCC(CCCCc1cccc2cc(C(=O)Nc3cc(C(C)(C)C)cc(C(=O)N(C)C)c3OC)n(C)c12)CC(=O)C1CCCN1C. The molecule has 0 saturated carbocycles. The lowest BCUT2D eigenvalue weighted by molar-refractivity contribution is -0.124. The molecule has 2 aromatic carbocycles. The average Bonchev–Trinajstić information content (AvgIpc) is 3.61. The van der Waals surface area contributed by atoms with E-state index in [1.54, 1.807) is 14.1 Å². The smallest absolute Gasteiger partial charge is 0.272 e. The van der Waals surface area contributed by atoms with Crippen LogP contribution in [0.4, 0.5) is 5.69 Å². The van der Waals surface area contributed by atoms with Gasteiger partial charge in [0.1, 0.15) is 11.5 Å². The van der Waals surface area contributed by atoms with Crippen LogP contribution in [0.5, 0.6) is 5.75 Å². The highest BCUT2D eigenvalue weighted by molar-refractivity contribution is 6.09. The van der Waals surface area contributed by atoms with Gasteiger partial charge in [-0.1, -0.05) is 71.6 Å². The standard InChI is InChI=1S/C39H56N4O4/c1-10-15-26(22-34(44)32-20-14-21-42(32)7)16-11-12-17-27-18-13-19-28-23-33(43(8)35(27)28)37(45)40-31-25-29(39(2,3)4)24-30(36(31)47-9)38(46)41(5)6/h13,18-19,23-26,32H,10-12,14-17,20-22H2,1-9H3,(H,40,45). The van der Waals surface area contributed by atoms with Crippen molar-refractivity contribution in [3.8, 4) is 5.75 Å². The number of unbranched alkanes of at least 4 members (excludes halogenated alkanes) is 1. The van der Waals surface area contributed by atoms with Crippen LogP contribution in [-0.4, -0.2) is 72.8 Å². The maximum atomic E-state index is 13.8. The summed E-state index contributed by atoms with van der Waals surface area (Å²) >= 11 is 0. The maximum absolute atomic E-state index is 13.8. The van der Waals surface area contributed by atoms with Gasteiger partial charge in [0.2, 0.25) is 0 Å². The number of aryl methyl sites for hydroxylation is 2. The summed E-state index contributed by atoms with van der Waals surface area (Å²) in [5.41, 5.74) is 4.37. The van der Waals surface area contributed by atoms with Gasteiger partial charge < -0.3 is 19.5 Å². The number of likely N-dealkylation sites (N-methyl/N-ethyl adjacent to an activating group) is 1. The number of methoxy groups -OCH3 is 1. The third kappa shape index (κ3) is 8.45. The maximum Gasteiger partial charge on any atom is 0.272 e. The lowest BCUT2D eigenvalue weighted by atomic mass is 9.85. The molecule has 3 aromatic rings. The summed E-state index contributed by atoms with van der Waals surface area (Å²) in [4.78, 5) is 43.7. The zero-order chi connectivity index (χ0) is 34.5. The van der Waals surface area contributed by atoms with Crippen molar-refractivity contribution in [2.75, 3.05) is 40.1 Å². The van der Waals surface area contributed by atoms with E-state index < -0.39 is 0 Å². The van der Waals surface area contributed by atoms with E-state index in [-0.39, 0.29) is 23.3 Å². The third-order valence-corrected chi connectivity index (χ3v) is 9.80. The van der Waals surface area contributed by atoms with Crippen molar-refractivity contribution in [3.63, 3.8) is 0 Å². The Kier molecular flexibility index (Phi) is 11.9. The molecule has 8 nitrogen and oxygen atoms in total. The van der Waals surface area contributed by atoms with E-state index in [4.69, 9.17) is 4.74 Å². The molecule has 47 heavy (non-hydrogen) atoms. The normalized spacial score (nSPS) is 16.0. The summed E-state index contributed by atoms with van der Waals surface area (Å²) in [6.07, 6.45) is 9.11. The summed E-state index contributed by atoms with van der Waals surface area (Å²) in [5, 5.41) is 4.09. The molecular weight excluding hydrogens is 588 g/mol. The first-order chi connectivity index (χ1) is 22.3. The Morgan fingerprint density at radius 2 is 1.81 bits per heavy atom. The molecule has 2 amide bonds. The number of anilines is 1. The van der Waals surface area contributed by atoms with Crippen molar-refractivity contribution >= 4 is 34.2 Å². The van der Waals surface area contributed by atoms with E-state index in [9.17, 15) is 14.4 Å². The molecule has 1 aliphatic heterocycles. The molecule has 0 bridgehead atoms. The van der Waals surface area contributed by atoms with Gasteiger partial charge in [-0.05, 0) is 79.9 Å². The number of amides is 2. The van der Waals surface area contributed by atoms with Crippen molar-refractivity contribution in [2.24, 2.45) is 13.0 Å². The lowest BCUT2D eigenvalue weighted by Crippen LogP contribution is -2.33. The molecule has 2 heterocycles. The summed E-state index contributed by atoms with van der Waals surface area (Å²) in [5.74, 6) is 0.771. The first-order valence-corrected chi connectivity index (χ1v) is 17.3. The van der Waals surface area contributed by atoms with Gasteiger partial charge in [-0.3, -0.25) is 19.3 Å². The largest absolute Gasteiger partial charge is 0.494 e. The number of benzene rings is 2. The highest BCUT2D eigenvalue weighted by atomic mass is 16.5. The van der Waals surface area contributed by atoms with Gasteiger partial charge in [0, 0.05) is 33.0 Å². The van der Waals surface area contributed by atoms with Crippen LogP contribution in [-0.2, 0) is 23.7 Å². The van der Waals surface area contributed by atoms with E-state index in [0.29, 0.717) is 40.8 Å². The predicted molar refractivity (Wildman–Crippen MR) is 192 cm³/mol. The minimum absolute atomic E-state index is 0.113. The highest BCUT2D eigenvalue weighted by Gasteiger charge is 2.29. The number of para-hydroxylation sites is 1. The minimum Gasteiger partial charge on any atom is -0.494 e. The number of hydrogen-bond donors (Lipinski definition) is 1. The second-order valence-electron chi connectivity index (χ2n) is 14.7. The number of Topliss-reactive ketones (excluding diaryl/α,β-unsaturated/α-hetero) is 1. The Labute approximate surface area is 281 Å². The molecular formula is C39H56N4O4. The second kappa shape index (κ2) is 15.5. The van der Waals surface area contributed by atoms with Crippen LogP contribution >= 0.6 is 0 Å². The first kappa shape index (κ1) is 36.2. The number of rotatable bonds is 14. The van der Waals surface area contributed by atoms with Crippen LogP contribution in [0.3, 0.4) is 0 Å². The number of carbonyl (C=O) groups is 3. The Hall–Kier alpha value is -3.65. The average molecular weight is 645 g/mol. The van der Waals surface area contributed by atoms with Crippen molar-refractivity contribution < 1.29 is 19.1 Å². The topological polar surface area (TPSA) is 83.9 Å². The highest BCUT2D eigenvalue weighted by Crippen LogP contribution is 2.36. The number of ketones is 1. The summed E-state index contributed by atoms with van der Waals surface area (Å²) in [6.45, 7) is 9.47. The zero-order valence-electron chi connectivity index (χ0n) is 30.2. The van der Waals surface area contributed by atoms with Crippen molar-refractivity contribution in [2.45, 2.75) is 96.9 Å². The molecule has 4 rings (SSSR count). The fourth-order valence-electron chi connectivity index (χ4n) is 7.12. The number of nitrogens with one attached hydrogen (secondary N) is 1. The minimum atomic E-state index is -0.262. The van der Waals surface area contributed by atoms with Crippen LogP contribution in [0, 0.1) is 5.92 Å². The molecule has 1 aromatic heterocycles. The van der Waals surface area contributed by atoms with E-state index in [1.165, 1.54) is 17.6 Å². The number of carbonyl (C=O) groups excluding carboxylic acids is 3. The number of ether oxygens (including phenoxy) is 1. The Balaban J connectivity index is 1.50. The molecule has 1 fully saturated rings. The van der Waals surface area contributed by atoms with Gasteiger partial charge in [-0.2, -0.15) is 0 Å². The second-order valence-corrected chi connectivity index (χ2v) is 14.7. The zero-order valence-corrected chi connectivity index (χ0v) is 30.2. The molecule has 2 atom stereocenters. The van der Waals surface area contributed by atoms with Crippen LogP contribution in [0.2, 0.25) is 0 Å². The van der Waals surface area contributed by atoms with Crippen LogP contribution in [0.25, 0.3) is 10.9 Å². The number of likely N-dealkylation sites (tertiary alicyclic amines) is 1. The lowest BCUT2D eigenvalue weighted by Gasteiger charge is -2.24. The van der Waals surface area contributed by atoms with Crippen molar-refractivity contribution in [3.05, 3.63) is 58.8 Å². The first-order valence-electron chi connectivity index (χ1n) is 17.3. The Morgan fingerprint density at radius 1 is 1.06 bits per heavy atom. The fraction of sp³-hybridized carbons (Fsp3) is 0.564. The predicted octanol–water partition coefficient (Wildman–Crippen LogP) is 7.62. The molecule has 8 heteroatoms. The molecule has 1 N–H and O–H groups in total. The number of fused-ring (bicyclic) bond motifs is 1. The summed E-state index contributed by atoms with van der Waals surface area (Å²) < 4.78 is 7.68. The van der Waals surface area contributed by atoms with Gasteiger partial charge in [0.05, 0.1) is 29.9 Å².